The van der Waals surface area contributed by atoms with Gasteiger partial charge in [0.25, 0.3) is 0 Å². The van der Waals surface area contributed by atoms with Crippen LogP contribution < -0.4 is 5.32 Å². The highest BCUT2D eigenvalue weighted by molar-refractivity contribution is 8.00. The van der Waals surface area contributed by atoms with Crippen molar-refractivity contribution < 1.29 is 4.79 Å². The number of benzene rings is 1. The van der Waals surface area contributed by atoms with Crippen molar-refractivity contribution in [2.24, 2.45) is 0 Å². The van der Waals surface area contributed by atoms with Crippen LogP contribution in [-0.4, -0.2) is 21.6 Å². The Bertz CT molecular complexity index is 1010. The minimum Gasteiger partial charge on any atom is -0.325 e. The van der Waals surface area contributed by atoms with Gasteiger partial charge in [-0.05, 0) is 61.8 Å². The van der Waals surface area contributed by atoms with Crippen molar-refractivity contribution in [1.29, 1.82) is 0 Å². The molecule has 1 aromatic carbocycles. The van der Waals surface area contributed by atoms with E-state index in [0.717, 1.165) is 34.2 Å². The number of thioether (sulfide) groups is 1. The van der Waals surface area contributed by atoms with Gasteiger partial charge in [-0.25, -0.2) is 9.97 Å². The predicted molar refractivity (Wildman–Crippen MR) is 119 cm³/mol. The average molecular weight is 412 g/mol. The van der Waals surface area contributed by atoms with Gasteiger partial charge in [-0.2, -0.15) is 0 Å². The Balaban J connectivity index is 1.49. The number of anilines is 1. The van der Waals surface area contributed by atoms with Crippen molar-refractivity contribution in [2.75, 3.05) is 11.1 Å². The van der Waals surface area contributed by atoms with Gasteiger partial charge in [-0.1, -0.05) is 37.7 Å². The van der Waals surface area contributed by atoms with E-state index in [0.29, 0.717) is 11.7 Å². The van der Waals surface area contributed by atoms with Crippen molar-refractivity contribution in [3.8, 4) is 0 Å². The molecule has 0 spiro atoms. The Morgan fingerprint density at radius 1 is 1.18 bits per heavy atom. The second-order valence-electron chi connectivity index (χ2n) is 7.58. The van der Waals surface area contributed by atoms with Gasteiger partial charge in [0, 0.05) is 16.0 Å². The molecule has 0 fully saturated rings. The molecular formula is C22H25N3OS2. The molecule has 4 nitrogen and oxygen atoms in total. The van der Waals surface area contributed by atoms with Crippen molar-refractivity contribution in [3.63, 3.8) is 0 Å². The standard InChI is InChI=1S/C22H25N3OS2/c1-13(2)15-8-10-16(11-9-15)25-19(26)12-27-21-20-17-6-4-5-7-18(17)28-22(20)24-14(3)23-21/h8-11,13H,4-7,12H2,1-3H3,(H,25,26). The quantitative estimate of drug-likeness (QED) is 0.430. The van der Waals surface area contributed by atoms with E-state index in [4.69, 9.17) is 0 Å². The van der Waals surface area contributed by atoms with E-state index >= 15 is 0 Å². The first-order valence-corrected chi connectivity index (χ1v) is 11.6. The lowest BCUT2D eigenvalue weighted by Crippen LogP contribution is -2.14. The van der Waals surface area contributed by atoms with E-state index in [-0.39, 0.29) is 5.91 Å². The first-order chi connectivity index (χ1) is 13.5. The fourth-order valence-electron chi connectivity index (χ4n) is 3.61. The number of carbonyl (C=O) groups is 1. The van der Waals surface area contributed by atoms with Gasteiger partial charge in [-0.15, -0.1) is 11.3 Å². The number of hydrogen-bond donors (Lipinski definition) is 1. The van der Waals surface area contributed by atoms with Crippen LogP contribution in [0.3, 0.4) is 0 Å². The molecule has 0 aliphatic heterocycles. The van der Waals surface area contributed by atoms with E-state index in [9.17, 15) is 4.79 Å². The fourth-order valence-corrected chi connectivity index (χ4v) is 5.88. The Kier molecular flexibility index (Phi) is 5.69. The van der Waals surface area contributed by atoms with Crippen LogP contribution >= 0.6 is 23.1 Å². The molecule has 6 heteroatoms. The van der Waals surface area contributed by atoms with Crippen LogP contribution in [0.15, 0.2) is 29.3 Å². The fraction of sp³-hybridized carbons (Fsp3) is 0.409. The van der Waals surface area contributed by atoms with Gasteiger partial charge in [0.2, 0.25) is 5.91 Å². The second kappa shape index (κ2) is 8.21. The molecule has 1 aliphatic carbocycles. The highest BCUT2D eigenvalue weighted by Gasteiger charge is 2.21. The summed E-state index contributed by atoms with van der Waals surface area (Å²) in [6, 6.07) is 8.09. The number of carbonyl (C=O) groups excluding carboxylic acids is 1. The summed E-state index contributed by atoms with van der Waals surface area (Å²) in [5.74, 6) is 1.61. The van der Waals surface area contributed by atoms with Crippen molar-refractivity contribution >= 4 is 44.9 Å². The van der Waals surface area contributed by atoms with E-state index in [2.05, 4.69) is 41.3 Å². The highest BCUT2D eigenvalue weighted by atomic mass is 32.2. The third-order valence-electron chi connectivity index (χ3n) is 5.09. The first kappa shape index (κ1) is 19.4. The number of rotatable bonds is 5. The lowest BCUT2D eigenvalue weighted by Gasteiger charge is -2.12. The van der Waals surface area contributed by atoms with E-state index in [1.54, 1.807) is 11.3 Å². The number of nitrogens with zero attached hydrogens (tertiary/aromatic N) is 2. The average Bonchev–Trinajstić information content (AvgIpc) is 3.04. The SMILES string of the molecule is Cc1nc(SCC(=O)Nc2ccc(C(C)C)cc2)c2c3c(sc2n1)CCCC3. The van der Waals surface area contributed by atoms with E-state index < -0.39 is 0 Å². The molecule has 0 saturated carbocycles. The van der Waals surface area contributed by atoms with Crippen LogP contribution in [-0.2, 0) is 17.6 Å². The number of nitrogens with one attached hydrogen (secondary N) is 1. The lowest BCUT2D eigenvalue weighted by atomic mass is 9.97. The molecule has 3 aromatic rings. The number of hydrogen-bond acceptors (Lipinski definition) is 5. The van der Waals surface area contributed by atoms with Gasteiger partial charge in [-0.3, -0.25) is 4.79 Å². The minimum atomic E-state index is -0.00388. The maximum absolute atomic E-state index is 12.5. The maximum atomic E-state index is 12.5. The largest absolute Gasteiger partial charge is 0.325 e. The van der Waals surface area contributed by atoms with E-state index in [1.165, 1.54) is 46.0 Å². The Labute approximate surface area is 174 Å². The summed E-state index contributed by atoms with van der Waals surface area (Å²) in [5, 5.41) is 5.13. The number of amides is 1. The summed E-state index contributed by atoms with van der Waals surface area (Å²) in [5.41, 5.74) is 3.53. The molecule has 2 heterocycles. The summed E-state index contributed by atoms with van der Waals surface area (Å²) in [4.78, 5) is 24.3. The number of aromatic nitrogens is 2. The molecule has 146 valence electrons. The van der Waals surface area contributed by atoms with Gasteiger partial charge < -0.3 is 5.32 Å². The number of fused-ring (bicyclic) bond motifs is 3. The van der Waals surface area contributed by atoms with E-state index in [1.807, 2.05) is 19.1 Å². The van der Waals surface area contributed by atoms with Gasteiger partial charge in [0.05, 0.1) is 5.75 Å². The van der Waals surface area contributed by atoms with Crippen LogP contribution in [0.1, 0.15) is 54.4 Å². The molecule has 1 N–H and O–H groups in total. The zero-order chi connectivity index (χ0) is 19.7. The highest BCUT2D eigenvalue weighted by Crippen LogP contribution is 2.39. The Morgan fingerprint density at radius 3 is 2.68 bits per heavy atom. The summed E-state index contributed by atoms with van der Waals surface area (Å²) in [6.45, 7) is 6.26. The third-order valence-corrected chi connectivity index (χ3v) is 7.26. The molecular weight excluding hydrogens is 386 g/mol. The Morgan fingerprint density at radius 2 is 1.93 bits per heavy atom. The van der Waals surface area contributed by atoms with Crippen molar-refractivity contribution in [2.45, 2.75) is 57.4 Å². The summed E-state index contributed by atoms with van der Waals surface area (Å²) < 4.78 is 0. The maximum Gasteiger partial charge on any atom is 0.234 e. The summed E-state index contributed by atoms with van der Waals surface area (Å²) >= 11 is 3.32. The van der Waals surface area contributed by atoms with Crippen LogP contribution in [0.5, 0.6) is 0 Å². The summed E-state index contributed by atoms with van der Waals surface area (Å²) in [7, 11) is 0. The molecule has 0 atom stereocenters. The van der Waals surface area contributed by atoms with Crippen molar-refractivity contribution in [3.05, 3.63) is 46.1 Å². The monoisotopic (exact) mass is 411 g/mol. The van der Waals surface area contributed by atoms with Gasteiger partial charge in [0.1, 0.15) is 15.7 Å². The topological polar surface area (TPSA) is 54.9 Å². The normalized spacial score (nSPS) is 13.7. The first-order valence-electron chi connectivity index (χ1n) is 9.83. The molecule has 0 bridgehead atoms. The van der Waals surface area contributed by atoms with Gasteiger partial charge >= 0.3 is 0 Å². The van der Waals surface area contributed by atoms with Gasteiger partial charge in [0.15, 0.2) is 0 Å². The smallest absolute Gasteiger partial charge is 0.234 e. The minimum absolute atomic E-state index is 0.00388. The molecule has 0 radical (unpaired) electrons. The van der Waals surface area contributed by atoms with Crippen LogP contribution in [0.25, 0.3) is 10.2 Å². The second-order valence-corrected chi connectivity index (χ2v) is 9.63. The lowest BCUT2D eigenvalue weighted by molar-refractivity contribution is -0.113. The molecule has 1 amide bonds. The van der Waals surface area contributed by atoms with Crippen molar-refractivity contribution in [1.82, 2.24) is 9.97 Å². The van der Waals surface area contributed by atoms with Crippen LogP contribution in [0.2, 0.25) is 0 Å². The number of aryl methyl sites for hydroxylation is 3. The third kappa shape index (κ3) is 4.08. The molecule has 4 rings (SSSR count). The summed E-state index contributed by atoms with van der Waals surface area (Å²) in [6.07, 6.45) is 4.73. The Hall–Kier alpha value is -1.92. The zero-order valence-corrected chi connectivity index (χ0v) is 18.2. The molecule has 1 aliphatic rings. The molecule has 28 heavy (non-hydrogen) atoms. The molecule has 2 aromatic heterocycles. The molecule has 0 unspecified atom stereocenters. The zero-order valence-electron chi connectivity index (χ0n) is 16.5. The van der Waals surface area contributed by atoms with Crippen LogP contribution in [0.4, 0.5) is 5.69 Å². The molecule has 0 saturated heterocycles. The predicted octanol–water partition coefficient (Wildman–Crippen LogP) is 5.73. The number of thiophene rings is 1. The van der Waals surface area contributed by atoms with Crippen LogP contribution in [0, 0.1) is 6.92 Å².